The predicted molar refractivity (Wildman–Crippen MR) is 88.2 cm³/mol. The van der Waals surface area contributed by atoms with E-state index in [1.165, 1.54) is 12.1 Å². The Kier molecular flexibility index (Phi) is 5.89. The lowest BCUT2D eigenvalue weighted by Gasteiger charge is -2.33. The number of nitrogens with zero attached hydrogens (tertiary/aromatic N) is 2. The van der Waals surface area contributed by atoms with Crippen LogP contribution in [0.4, 0.5) is 5.69 Å². The molecule has 1 aliphatic rings. The molecule has 1 aliphatic carbocycles. The maximum atomic E-state index is 12.3. The average molecular weight is 334 g/mol. The van der Waals surface area contributed by atoms with Gasteiger partial charge >= 0.3 is 5.69 Å². The third kappa shape index (κ3) is 4.31. The third-order valence-electron chi connectivity index (χ3n) is 4.59. The summed E-state index contributed by atoms with van der Waals surface area (Å²) in [5.74, 6) is 0.480. The van der Waals surface area contributed by atoms with Gasteiger partial charge in [-0.15, -0.1) is 0 Å². The van der Waals surface area contributed by atoms with Crippen molar-refractivity contribution in [2.24, 2.45) is 5.92 Å². The number of nitro groups is 1. The molecule has 0 spiro atoms. The van der Waals surface area contributed by atoms with Crippen molar-refractivity contribution in [1.82, 2.24) is 4.90 Å². The lowest BCUT2D eigenvalue weighted by Crippen LogP contribution is -2.41. The van der Waals surface area contributed by atoms with Crippen LogP contribution in [0.3, 0.4) is 0 Å². The van der Waals surface area contributed by atoms with Gasteiger partial charge in [0.1, 0.15) is 6.29 Å². The van der Waals surface area contributed by atoms with E-state index in [9.17, 15) is 19.7 Å². The van der Waals surface area contributed by atoms with E-state index in [1.807, 2.05) is 0 Å². The highest BCUT2D eigenvalue weighted by Gasteiger charge is 2.25. The zero-order chi connectivity index (χ0) is 17.7. The fourth-order valence-electron chi connectivity index (χ4n) is 2.95. The molecule has 0 heterocycles. The normalized spacial score (nSPS) is 20.2. The third-order valence-corrected chi connectivity index (χ3v) is 4.59. The fourth-order valence-corrected chi connectivity index (χ4v) is 2.95. The van der Waals surface area contributed by atoms with Gasteiger partial charge in [0.25, 0.3) is 5.91 Å². The molecule has 24 heavy (non-hydrogen) atoms. The predicted octanol–water partition coefficient (Wildman–Crippen LogP) is 2.82. The zero-order valence-corrected chi connectivity index (χ0v) is 13.9. The van der Waals surface area contributed by atoms with Gasteiger partial charge in [-0.1, -0.05) is 6.92 Å². The molecule has 130 valence electrons. The molecule has 0 radical (unpaired) electrons. The summed E-state index contributed by atoms with van der Waals surface area (Å²) in [6.45, 7) is 1.95. The van der Waals surface area contributed by atoms with E-state index in [0.29, 0.717) is 12.2 Å². The van der Waals surface area contributed by atoms with Crippen LogP contribution in [-0.2, 0) is 4.79 Å². The van der Waals surface area contributed by atoms with Gasteiger partial charge in [0.05, 0.1) is 4.92 Å². The summed E-state index contributed by atoms with van der Waals surface area (Å²) in [4.78, 5) is 35.1. The van der Waals surface area contributed by atoms with E-state index in [1.54, 1.807) is 11.9 Å². The van der Waals surface area contributed by atoms with Gasteiger partial charge in [-0.05, 0) is 43.7 Å². The molecule has 1 fully saturated rings. The van der Waals surface area contributed by atoms with Crippen molar-refractivity contribution in [3.05, 3.63) is 33.9 Å². The highest BCUT2D eigenvalue weighted by Crippen LogP contribution is 2.28. The Labute approximate surface area is 140 Å². The van der Waals surface area contributed by atoms with Gasteiger partial charge in [-0.2, -0.15) is 0 Å². The van der Waals surface area contributed by atoms with E-state index in [4.69, 9.17) is 4.74 Å². The Bertz CT molecular complexity index is 623. The summed E-state index contributed by atoms with van der Waals surface area (Å²) < 4.78 is 5.34. The summed E-state index contributed by atoms with van der Waals surface area (Å²) in [6, 6.07) is 4.10. The van der Waals surface area contributed by atoms with Gasteiger partial charge in [0, 0.05) is 24.7 Å². The van der Waals surface area contributed by atoms with Crippen LogP contribution in [0.2, 0.25) is 0 Å². The van der Waals surface area contributed by atoms with Crippen molar-refractivity contribution < 1.29 is 19.2 Å². The highest BCUT2D eigenvalue weighted by atomic mass is 16.6. The minimum atomic E-state index is -0.626. The van der Waals surface area contributed by atoms with E-state index < -0.39 is 4.92 Å². The van der Waals surface area contributed by atoms with E-state index >= 15 is 0 Å². The van der Waals surface area contributed by atoms with Gasteiger partial charge in [0.2, 0.25) is 0 Å². The smallest absolute Gasteiger partial charge is 0.311 e. The molecule has 2 rings (SSSR count). The molecule has 1 aromatic carbocycles. The second-order valence-electron chi connectivity index (χ2n) is 6.31. The van der Waals surface area contributed by atoms with E-state index in [0.717, 1.165) is 31.7 Å². The van der Waals surface area contributed by atoms with Crippen LogP contribution in [0, 0.1) is 16.0 Å². The largest absolute Gasteiger partial charge is 0.477 e. The van der Waals surface area contributed by atoms with Gasteiger partial charge in [-0.25, -0.2) is 0 Å². The molecule has 7 heteroatoms. The molecule has 0 aromatic heterocycles. The molecule has 1 aromatic rings. The van der Waals surface area contributed by atoms with Crippen molar-refractivity contribution in [3.63, 3.8) is 0 Å². The quantitative estimate of drug-likeness (QED) is 0.453. The van der Waals surface area contributed by atoms with Crippen molar-refractivity contribution in [2.75, 3.05) is 13.7 Å². The number of carbonyl (C=O) groups is 2. The van der Waals surface area contributed by atoms with Crippen LogP contribution < -0.4 is 4.74 Å². The number of nitro benzene ring substituents is 1. The van der Waals surface area contributed by atoms with Gasteiger partial charge in [-0.3, -0.25) is 19.7 Å². The molecular weight excluding hydrogens is 312 g/mol. The number of hydrogen-bond acceptors (Lipinski definition) is 5. The number of aldehydes is 1. The van der Waals surface area contributed by atoms with Crippen LogP contribution in [-0.4, -0.2) is 41.7 Å². The summed E-state index contributed by atoms with van der Waals surface area (Å²) in [7, 11) is 1.75. The first-order chi connectivity index (χ1) is 11.4. The number of amides is 1. The molecule has 0 bridgehead atoms. The minimum Gasteiger partial charge on any atom is -0.477 e. The number of carbonyl (C=O) groups excluding carboxylic acids is 2. The summed E-state index contributed by atoms with van der Waals surface area (Å²) in [6.07, 6.45) is 4.67. The SMILES string of the molecule is CC1CCC(N(C)C(=O)COc2ccc(C=O)cc2[N+](=O)[O-])CC1. The second-order valence-corrected chi connectivity index (χ2v) is 6.31. The summed E-state index contributed by atoms with van der Waals surface area (Å²) >= 11 is 0. The van der Waals surface area contributed by atoms with E-state index in [2.05, 4.69) is 6.92 Å². The van der Waals surface area contributed by atoms with Crippen LogP contribution in [0.25, 0.3) is 0 Å². The Morgan fingerprint density at radius 3 is 2.62 bits per heavy atom. The first-order valence-electron chi connectivity index (χ1n) is 8.04. The number of hydrogen-bond donors (Lipinski definition) is 0. The molecule has 7 nitrogen and oxygen atoms in total. The van der Waals surface area contributed by atoms with E-state index in [-0.39, 0.29) is 35.6 Å². The number of ether oxygens (including phenoxy) is 1. The van der Waals surface area contributed by atoms with Gasteiger partial charge in [0.15, 0.2) is 12.4 Å². The van der Waals surface area contributed by atoms with Crippen LogP contribution in [0.1, 0.15) is 43.0 Å². The Balaban J connectivity index is 1.98. The van der Waals surface area contributed by atoms with Crippen LogP contribution in [0.15, 0.2) is 18.2 Å². The van der Waals surface area contributed by atoms with Crippen molar-refractivity contribution in [2.45, 2.75) is 38.6 Å². The monoisotopic (exact) mass is 334 g/mol. The Morgan fingerprint density at radius 1 is 1.38 bits per heavy atom. The topological polar surface area (TPSA) is 89.8 Å². The first kappa shape index (κ1) is 17.9. The van der Waals surface area contributed by atoms with Crippen molar-refractivity contribution in [1.29, 1.82) is 0 Å². The van der Waals surface area contributed by atoms with Crippen molar-refractivity contribution >= 4 is 17.9 Å². The molecule has 0 saturated heterocycles. The number of likely N-dealkylation sites (N-methyl/N-ethyl adjacent to an activating group) is 1. The standard InChI is InChI=1S/C17H22N2O5/c1-12-3-6-14(7-4-12)18(2)17(21)11-24-16-8-5-13(10-20)9-15(16)19(22)23/h5,8-10,12,14H,3-4,6-7,11H2,1-2H3. The number of rotatable bonds is 6. The lowest BCUT2D eigenvalue weighted by atomic mass is 9.87. The molecule has 0 N–H and O–H groups in total. The summed E-state index contributed by atoms with van der Waals surface area (Å²) in [5, 5.41) is 11.1. The zero-order valence-electron chi connectivity index (χ0n) is 13.9. The first-order valence-corrected chi connectivity index (χ1v) is 8.04. The molecule has 0 unspecified atom stereocenters. The molecular formula is C17H22N2O5. The maximum Gasteiger partial charge on any atom is 0.311 e. The van der Waals surface area contributed by atoms with Gasteiger partial charge < -0.3 is 9.64 Å². The second kappa shape index (κ2) is 7.90. The summed E-state index contributed by atoms with van der Waals surface area (Å²) in [5.41, 5.74) is -0.129. The number of benzene rings is 1. The molecule has 1 amide bonds. The Hall–Kier alpha value is -2.44. The molecule has 1 saturated carbocycles. The maximum absolute atomic E-state index is 12.3. The van der Waals surface area contributed by atoms with Crippen molar-refractivity contribution in [3.8, 4) is 5.75 Å². The highest BCUT2D eigenvalue weighted by molar-refractivity contribution is 5.79. The fraction of sp³-hybridized carbons (Fsp3) is 0.529. The average Bonchev–Trinajstić information content (AvgIpc) is 2.59. The molecule has 0 aliphatic heterocycles. The van der Waals surface area contributed by atoms with Crippen LogP contribution >= 0.6 is 0 Å². The molecule has 0 atom stereocenters. The lowest BCUT2D eigenvalue weighted by molar-refractivity contribution is -0.385. The Morgan fingerprint density at radius 2 is 2.04 bits per heavy atom. The van der Waals surface area contributed by atoms with Crippen LogP contribution in [0.5, 0.6) is 5.75 Å². The minimum absolute atomic E-state index is 0.00961.